The number of hydrogen-bond acceptors (Lipinski definition) is 1. The van der Waals surface area contributed by atoms with Crippen LogP contribution in [0.25, 0.3) is 0 Å². The average Bonchev–Trinajstić information content (AvgIpc) is 1.60. The average molecular weight is 134 g/mol. The number of hydrogen-bond donors (Lipinski definition) is 1. The molecule has 1 fully saturated rings. The largest absolute Gasteiger partial charge is 0.327 e. The molecule has 1 saturated carbocycles. The molecule has 0 amide bonds. The van der Waals surface area contributed by atoms with E-state index in [2.05, 4.69) is 0 Å². The summed E-state index contributed by atoms with van der Waals surface area (Å²) in [4.78, 5) is 0. The van der Waals surface area contributed by atoms with E-state index in [0.29, 0.717) is 12.8 Å². The summed E-state index contributed by atoms with van der Waals surface area (Å²) >= 11 is 0. The molecular formula is C6H10F2N. The smallest absolute Gasteiger partial charge is 0.252 e. The number of alkyl halides is 2. The van der Waals surface area contributed by atoms with Gasteiger partial charge >= 0.3 is 0 Å². The van der Waals surface area contributed by atoms with Crippen LogP contribution in [-0.4, -0.2) is 12.0 Å². The molecule has 1 aliphatic carbocycles. The molecule has 1 radical (unpaired) electrons. The van der Waals surface area contributed by atoms with E-state index in [1.807, 2.05) is 0 Å². The highest BCUT2D eigenvalue weighted by Crippen LogP contribution is 2.30. The van der Waals surface area contributed by atoms with Gasteiger partial charge in [0.05, 0.1) is 0 Å². The van der Waals surface area contributed by atoms with Gasteiger partial charge in [-0.25, -0.2) is 8.78 Å². The van der Waals surface area contributed by atoms with E-state index in [1.54, 1.807) is 0 Å². The van der Waals surface area contributed by atoms with Gasteiger partial charge in [0, 0.05) is 18.9 Å². The second-order valence-corrected chi connectivity index (χ2v) is 2.48. The van der Waals surface area contributed by atoms with Crippen molar-refractivity contribution in [1.82, 2.24) is 0 Å². The Morgan fingerprint density at radius 3 is 2.56 bits per heavy atom. The summed E-state index contributed by atoms with van der Waals surface area (Å²) in [6, 6.07) is -0.395. The van der Waals surface area contributed by atoms with Crippen molar-refractivity contribution in [3.05, 3.63) is 6.42 Å². The quantitative estimate of drug-likeness (QED) is 0.531. The standard InChI is InChI=1S/C6H10F2N/c7-6(8)3-1-2-5(9)4-6/h4-5H,1-3,9H2. The lowest BCUT2D eigenvalue weighted by molar-refractivity contribution is 0.00638. The first kappa shape index (κ1) is 6.93. The van der Waals surface area contributed by atoms with Crippen LogP contribution in [0.1, 0.15) is 19.3 Å². The lowest BCUT2D eigenvalue weighted by Gasteiger charge is -2.25. The summed E-state index contributed by atoms with van der Waals surface area (Å²) in [7, 11) is 0. The highest BCUT2D eigenvalue weighted by Gasteiger charge is 2.34. The van der Waals surface area contributed by atoms with E-state index in [-0.39, 0.29) is 6.42 Å². The first-order valence-corrected chi connectivity index (χ1v) is 3.10. The zero-order chi connectivity index (χ0) is 6.91. The third kappa shape index (κ3) is 1.90. The topological polar surface area (TPSA) is 26.0 Å². The fraction of sp³-hybridized carbons (Fsp3) is 0.833. The SMILES string of the molecule is NC1[CH]C(F)(F)CCC1. The van der Waals surface area contributed by atoms with Gasteiger partial charge in [-0.05, 0) is 12.8 Å². The minimum atomic E-state index is -2.60. The molecular weight excluding hydrogens is 124 g/mol. The van der Waals surface area contributed by atoms with E-state index in [4.69, 9.17) is 5.73 Å². The molecule has 0 heterocycles. The van der Waals surface area contributed by atoms with Crippen LogP contribution in [0, 0.1) is 6.42 Å². The van der Waals surface area contributed by atoms with E-state index in [0.717, 1.165) is 6.42 Å². The fourth-order valence-corrected chi connectivity index (χ4v) is 1.05. The Labute approximate surface area is 53.2 Å². The molecule has 0 saturated heterocycles. The van der Waals surface area contributed by atoms with E-state index in [1.165, 1.54) is 0 Å². The van der Waals surface area contributed by atoms with Crippen molar-refractivity contribution in [3.8, 4) is 0 Å². The first-order chi connectivity index (χ1) is 4.10. The van der Waals surface area contributed by atoms with Gasteiger partial charge < -0.3 is 5.73 Å². The lowest BCUT2D eigenvalue weighted by atomic mass is 9.93. The van der Waals surface area contributed by atoms with Gasteiger partial charge in [-0.2, -0.15) is 0 Å². The lowest BCUT2D eigenvalue weighted by Crippen LogP contribution is -2.35. The normalized spacial score (nSPS) is 34.3. The molecule has 0 aromatic rings. The molecule has 0 spiro atoms. The highest BCUT2D eigenvalue weighted by atomic mass is 19.3. The Morgan fingerprint density at radius 2 is 2.22 bits per heavy atom. The molecule has 1 aliphatic rings. The maximum atomic E-state index is 12.3. The van der Waals surface area contributed by atoms with E-state index < -0.39 is 12.0 Å². The number of rotatable bonds is 0. The molecule has 53 valence electrons. The Kier molecular flexibility index (Phi) is 1.70. The summed E-state index contributed by atoms with van der Waals surface area (Å²) in [5.41, 5.74) is 5.27. The van der Waals surface area contributed by atoms with Crippen LogP contribution < -0.4 is 5.73 Å². The zero-order valence-electron chi connectivity index (χ0n) is 5.11. The third-order valence-electron chi connectivity index (χ3n) is 1.51. The van der Waals surface area contributed by atoms with Crippen molar-refractivity contribution in [1.29, 1.82) is 0 Å². The molecule has 1 rings (SSSR count). The summed E-state index contributed by atoms with van der Waals surface area (Å²) in [6.07, 6.45) is 2.16. The third-order valence-corrected chi connectivity index (χ3v) is 1.51. The summed E-state index contributed by atoms with van der Waals surface area (Å²) in [5, 5.41) is 0. The highest BCUT2D eigenvalue weighted by molar-refractivity contribution is 4.96. The molecule has 9 heavy (non-hydrogen) atoms. The van der Waals surface area contributed by atoms with E-state index in [9.17, 15) is 8.78 Å². The Morgan fingerprint density at radius 1 is 1.56 bits per heavy atom. The molecule has 1 unspecified atom stereocenters. The molecule has 1 atom stereocenters. The maximum Gasteiger partial charge on any atom is 0.252 e. The molecule has 2 N–H and O–H groups in total. The Hall–Kier alpha value is -0.180. The molecule has 0 bridgehead atoms. The number of nitrogens with two attached hydrogens (primary N) is 1. The fourth-order valence-electron chi connectivity index (χ4n) is 1.05. The van der Waals surface area contributed by atoms with Gasteiger partial charge in [0.15, 0.2) is 0 Å². The minimum absolute atomic E-state index is 0.0271. The van der Waals surface area contributed by atoms with Gasteiger partial charge in [0.25, 0.3) is 5.92 Å². The molecule has 0 aromatic heterocycles. The summed E-state index contributed by atoms with van der Waals surface area (Å²) in [6.45, 7) is 0. The van der Waals surface area contributed by atoms with Gasteiger partial charge in [-0.3, -0.25) is 0 Å². The van der Waals surface area contributed by atoms with Crippen molar-refractivity contribution in [2.75, 3.05) is 0 Å². The molecule has 1 nitrogen and oxygen atoms in total. The van der Waals surface area contributed by atoms with Crippen molar-refractivity contribution in [3.63, 3.8) is 0 Å². The second kappa shape index (κ2) is 2.21. The molecule has 0 aromatic carbocycles. The zero-order valence-corrected chi connectivity index (χ0v) is 5.11. The van der Waals surface area contributed by atoms with Crippen molar-refractivity contribution in [2.45, 2.75) is 31.2 Å². The van der Waals surface area contributed by atoms with Crippen LogP contribution in [0.2, 0.25) is 0 Å². The predicted molar refractivity (Wildman–Crippen MR) is 31.1 cm³/mol. The van der Waals surface area contributed by atoms with Gasteiger partial charge in [-0.1, -0.05) is 0 Å². The maximum absolute atomic E-state index is 12.3. The van der Waals surface area contributed by atoms with Crippen molar-refractivity contribution in [2.24, 2.45) is 5.73 Å². The van der Waals surface area contributed by atoms with Crippen LogP contribution in [-0.2, 0) is 0 Å². The summed E-state index contributed by atoms with van der Waals surface area (Å²) in [5.74, 6) is -2.60. The van der Waals surface area contributed by atoms with Crippen molar-refractivity contribution >= 4 is 0 Å². The molecule has 0 aliphatic heterocycles. The van der Waals surface area contributed by atoms with Crippen LogP contribution >= 0.6 is 0 Å². The predicted octanol–water partition coefficient (Wildman–Crippen LogP) is 1.34. The van der Waals surface area contributed by atoms with Gasteiger partial charge in [-0.15, -0.1) is 0 Å². The van der Waals surface area contributed by atoms with Crippen LogP contribution in [0.3, 0.4) is 0 Å². The van der Waals surface area contributed by atoms with Crippen molar-refractivity contribution < 1.29 is 8.78 Å². The van der Waals surface area contributed by atoms with Gasteiger partial charge in [0.1, 0.15) is 0 Å². The van der Waals surface area contributed by atoms with Crippen LogP contribution in [0.15, 0.2) is 0 Å². The van der Waals surface area contributed by atoms with Gasteiger partial charge in [0.2, 0.25) is 0 Å². The van der Waals surface area contributed by atoms with E-state index >= 15 is 0 Å². The number of halogens is 2. The Bertz CT molecular complexity index is 103. The first-order valence-electron chi connectivity index (χ1n) is 3.10. The molecule has 3 heteroatoms. The second-order valence-electron chi connectivity index (χ2n) is 2.48. The monoisotopic (exact) mass is 134 g/mol. The van der Waals surface area contributed by atoms with Crippen LogP contribution in [0.5, 0.6) is 0 Å². The van der Waals surface area contributed by atoms with Crippen LogP contribution in [0.4, 0.5) is 8.78 Å². The summed E-state index contributed by atoms with van der Waals surface area (Å²) < 4.78 is 24.6. The minimum Gasteiger partial charge on any atom is -0.327 e. The Balaban J connectivity index is 2.41.